The van der Waals surface area contributed by atoms with Crippen molar-refractivity contribution in [2.24, 2.45) is 0 Å². The molecule has 7 nitrogen and oxygen atoms in total. The SMILES string of the molecule is c1ccc(-c2nc3c(-c4c5c(cc6c4Sc4cc(N(c7ccccc7)c7ccccc7)cc7c4B6c4ccccc4N7c4ccccc4)B4c6ccccc6N(c6ccccc6)c6cc(N(c7ccccc7)c7ccccc7)cc(c64)O5)cccc3n2-c2ccccc2)cc1. The van der Waals surface area contributed by atoms with E-state index in [1.165, 1.54) is 26.7 Å². The summed E-state index contributed by atoms with van der Waals surface area (Å²) in [7, 11) is 0. The minimum Gasteiger partial charge on any atom is -0.458 e. The van der Waals surface area contributed by atoms with E-state index < -0.39 is 0 Å². The molecule has 1 aromatic heterocycles. The molecule has 0 bridgehead atoms. The van der Waals surface area contributed by atoms with Crippen LogP contribution in [0, 0.1) is 0 Å². The van der Waals surface area contributed by atoms with Crippen LogP contribution < -0.4 is 57.1 Å². The minimum absolute atomic E-state index is 0.207. The lowest BCUT2D eigenvalue weighted by atomic mass is 9.31. The second kappa shape index (κ2) is 22.4. The Bertz CT molecular complexity index is 5120. The molecule has 5 heterocycles. The van der Waals surface area contributed by atoms with Crippen LogP contribution >= 0.6 is 11.8 Å². The number of nitrogens with zero attached hydrogens (tertiary/aromatic N) is 6. The molecule has 0 saturated carbocycles. The maximum Gasteiger partial charge on any atom is 0.256 e. The summed E-state index contributed by atoms with van der Waals surface area (Å²) in [4.78, 5) is 17.9. The summed E-state index contributed by atoms with van der Waals surface area (Å²) < 4.78 is 10.5. The van der Waals surface area contributed by atoms with Gasteiger partial charge in [-0.3, -0.25) is 4.57 Å². The number of imidazole rings is 1. The predicted molar refractivity (Wildman–Crippen MR) is 397 cm³/mol. The van der Waals surface area contributed by atoms with Crippen LogP contribution in [0.25, 0.3) is 39.2 Å². The Morgan fingerprint density at radius 3 is 1.32 bits per heavy atom. The fourth-order valence-corrected chi connectivity index (χ4v) is 16.6. The van der Waals surface area contributed by atoms with Gasteiger partial charge in [0.25, 0.3) is 6.71 Å². The molecule has 95 heavy (non-hydrogen) atoms. The third-order valence-electron chi connectivity index (χ3n) is 19.2. The van der Waals surface area contributed by atoms with E-state index in [1.807, 2.05) is 11.8 Å². The molecule has 0 spiro atoms. The van der Waals surface area contributed by atoms with Crippen LogP contribution in [0.1, 0.15) is 0 Å². The van der Waals surface area contributed by atoms with Crippen molar-refractivity contribution in [3.8, 4) is 39.7 Å². The number of ether oxygens (including phenoxy) is 1. The number of aromatic nitrogens is 2. The fraction of sp³-hybridized carbons (Fsp3) is 0. The summed E-state index contributed by atoms with van der Waals surface area (Å²) in [5.41, 5.74) is 25.9. The highest BCUT2D eigenvalue weighted by molar-refractivity contribution is 8.00. The van der Waals surface area contributed by atoms with Gasteiger partial charge in [0.2, 0.25) is 6.71 Å². The fourth-order valence-electron chi connectivity index (χ4n) is 15.3. The molecular formula is C85H56B2N6OS. The first kappa shape index (κ1) is 54.7. The number of anilines is 12. The highest BCUT2D eigenvalue weighted by Gasteiger charge is 2.48. The summed E-state index contributed by atoms with van der Waals surface area (Å²) in [6.07, 6.45) is 0. The number of fused-ring (bicyclic) bond motifs is 9. The van der Waals surface area contributed by atoms with E-state index in [1.54, 1.807) is 0 Å². The van der Waals surface area contributed by atoms with Gasteiger partial charge < -0.3 is 24.3 Å². The summed E-state index contributed by atoms with van der Waals surface area (Å²) in [6.45, 7) is -0.472. The van der Waals surface area contributed by atoms with Crippen molar-refractivity contribution in [1.29, 1.82) is 0 Å². The standard InChI is InChI=1S/C85H56B2N6OS/c1-9-30-57(31-10-1)85-88-82-67(46-29-51-74(82)93(85)64-44-23-8-24-45-64)79-83-70(86-68-47-25-27-49-72(68)91(62-40-19-6-20-41-62)75-52-65(54-77(94-83)80(75)86)89(58-32-11-2-12-33-58)59-34-13-3-14-35-59)56-71-84(79)95-78-55-66(90(60-36-15-4-16-37-60)61-38-17-5-18-39-61)53-76-81(78)87(71)69-48-26-28-50-73(69)92(76)63-42-21-7-22-43-63/h1-56H. The van der Waals surface area contributed by atoms with Gasteiger partial charge in [0.05, 0.1) is 16.7 Å². The smallest absolute Gasteiger partial charge is 0.256 e. The maximum atomic E-state index is 8.19. The molecule has 0 fully saturated rings. The lowest BCUT2D eigenvalue weighted by Crippen LogP contribution is -2.63. The minimum atomic E-state index is -0.265. The molecule has 0 unspecified atom stereocenters. The first-order valence-corrected chi connectivity index (χ1v) is 33.2. The molecule has 0 N–H and O–H groups in total. The van der Waals surface area contributed by atoms with Crippen LogP contribution in [0.4, 0.5) is 68.2 Å². The van der Waals surface area contributed by atoms with Gasteiger partial charge in [-0.25, -0.2) is 4.98 Å². The second-order valence-electron chi connectivity index (χ2n) is 24.5. The summed E-state index contributed by atoms with van der Waals surface area (Å²) in [5.74, 6) is 2.47. The molecule has 444 valence electrons. The summed E-state index contributed by atoms with van der Waals surface area (Å²) in [5, 5.41) is 0. The van der Waals surface area contributed by atoms with Crippen molar-refractivity contribution in [2.75, 3.05) is 19.6 Å². The highest BCUT2D eigenvalue weighted by atomic mass is 32.2. The maximum absolute atomic E-state index is 8.19. The van der Waals surface area contributed by atoms with Gasteiger partial charge in [-0.1, -0.05) is 230 Å². The lowest BCUT2D eigenvalue weighted by Gasteiger charge is -2.44. The lowest BCUT2D eigenvalue weighted by molar-refractivity contribution is 0.488. The van der Waals surface area contributed by atoms with Crippen molar-refractivity contribution >= 4 is 137 Å². The third-order valence-corrected chi connectivity index (χ3v) is 20.4. The Labute approximate surface area is 556 Å². The van der Waals surface area contributed by atoms with Crippen molar-refractivity contribution in [3.05, 3.63) is 340 Å². The normalized spacial score (nSPS) is 12.8. The molecule has 14 aromatic carbocycles. The number of para-hydroxylation sites is 10. The molecule has 0 radical (unpaired) electrons. The van der Waals surface area contributed by atoms with Gasteiger partial charge in [0.1, 0.15) is 17.3 Å². The Kier molecular flexibility index (Phi) is 12.9. The van der Waals surface area contributed by atoms with Crippen LogP contribution in [0.5, 0.6) is 11.5 Å². The Morgan fingerprint density at radius 1 is 0.347 bits per heavy atom. The highest BCUT2D eigenvalue weighted by Crippen LogP contribution is 2.53. The van der Waals surface area contributed by atoms with Gasteiger partial charge in [-0.15, -0.1) is 0 Å². The average molecular weight is 1230 g/mol. The van der Waals surface area contributed by atoms with Crippen LogP contribution in [-0.2, 0) is 0 Å². The predicted octanol–water partition coefficient (Wildman–Crippen LogP) is 18.5. The van der Waals surface area contributed by atoms with Gasteiger partial charge in [0, 0.05) is 101 Å². The monoisotopic (exact) mass is 1230 g/mol. The van der Waals surface area contributed by atoms with Crippen LogP contribution in [0.2, 0.25) is 0 Å². The average Bonchev–Trinajstić information content (AvgIpc) is 0.877. The van der Waals surface area contributed by atoms with Crippen molar-refractivity contribution in [2.45, 2.75) is 9.79 Å². The second-order valence-corrected chi connectivity index (χ2v) is 25.6. The van der Waals surface area contributed by atoms with Crippen LogP contribution in [0.15, 0.2) is 350 Å². The van der Waals surface area contributed by atoms with E-state index in [9.17, 15) is 0 Å². The molecule has 4 aliphatic heterocycles. The van der Waals surface area contributed by atoms with Crippen LogP contribution in [-0.4, -0.2) is 23.0 Å². The van der Waals surface area contributed by atoms with Gasteiger partial charge in [-0.2, -0.15) is 0 Å². The zero-order chi connectivity index (χ0) is 62.5. The first-order valence-electron chi connectivity index (χ1n) is 32.4. The summed E-state index contributed by atoms with van der Waals surface area (Å²) >= 11 is 1.86. The van der Waals surface area contributed by atoms with E-state index in [0.29, 0.717) is 0 Å². The van der Waals surface area contributed by atoms with Crippen molar-refractivity contribution < 1.29 is 4.74 Å². The van der Waals surface area contributed by atoms with E-state index in [-0.39, 0.29) is 13.4 Å². The quantitative estimate of drug-likeness (QED) is 0.120. The number of benzene rings is 14. The topological polar surface area (TPSA) is 40.0 Å². The van der Waals surface area contributed by atoms with Crippen LogP contribution in [0.3, 0.4) is 0 Å². The van der Waals surface area contributed by atoms with E-state index in [4.69, 9.17) is 9.72 Å². The van der Waals surface area contributed by atoms with E-state index in [2.05, 4.69) is 364 Å². The molecule has 0 amide bonds. The molecular weight excluding hydrogens is 1170 g/mol. The molecule has 0 saturated heterocycles. The molecule has 4 aliphatic rings. The number of hydrogen-bond donors (Lipinski definition) is 0. The van der Waals surface area contributed by atoms with E-state index >= 15 is 0 Å². The van der Waals surface area contributed by atoms with Gasteiger partial charge >= 0.3 is 0 Å². The van der Waals surface area contributed by atoms with Crippen molar-refractivity contribution in [1.82, 2.24) is 9.55 Å². The summed E-state index contributed by atoms with van der Waals surface area (Å²) in [6, 6.07) is 123. The molecule has 10 heteroatoms. The van der Waals surface area contributed by atoms with Gasteiger partial charge in [-0.05, 0) is 149 Å². The molecule has 0 atom stereocenters. The number of rotatable bonds is 11. The Morgan fingerprint density at radius 2 is 0.789 bits per heavy atom. The largest absolute Gasteiger partial charge is 0.458 e. The molecule has 19 rings (SSSR count). The number of hydrogen-bond acceptors (Lipinski definition) is 7. The Balaban J connectivity index is 0.944. The molecule has 0 aliphatic carbocycles. The van der Waals surface area contributed by atoms with Gasteiger partial charge in [0.15, 0.2) is 0 Å². The molecule has 15 aromatic rings. The Hall–Kier alpha value is -12.0. The van der Waals surface area contributed by atoms with E-state index in [0.717, 1.165) is 135 Å². The zero-order valence-corrected chi connectivity index (χ0v) is 52.3. The zero-order valence-electron chi connectivity index (χ0n) is 51.5. The third kappa shape index (κ3) is 8.82. The first-order chi connectivity index (χ1) is 47.2. The van der Waals surface area contributed by atoms with Crippen molar-refractivity contribution in [3.63, 3.8) is 0 Å².